The van der Waals surface area contributed by atoms with Crippen LogP contribution < -0.4 is 16.0 Å². The number of unbranched alkanes of at least 4 members (excludes halogenated alkanes) is 1. The number of nitrogens with zero attached hydrogens (tertiary/aromatic N) is 1. The highest BCUT2D eigenvalue weighted by molar-refractivity contribution is 6.42. The zero-order valence-electron chi connectivity index (χ0n) is 23.0. The second kappa shape index (κ2) is 13.4. The predicted molar refractivity (Wildman–Crippen MR) is 167 cm³/mol. The highest BCUT2D eigenvalue weighted by Gasteiger charge is 2.18. The number of aryl methyl sites for hydroxylation is 1. The molecule has 1 aromatic heterocycles. The molecule has 3 N–H and O–H groups in total. The molecule has 4 aromatic rings. The standard InChI is InChI=1S/C31H31Cl3N4O3/c1-4-5-12-38-27-11-8-21(14-20(27)15-28(38)31(41)37-22-7-10-25(33)26(34)16-22)36-30(40)23-13-19(6-9-24(23)32)17-35-29(39)18(2)3/h6-11,13-16,18H,4-5,12,17H2,1-3H3,(H,35,39)(H,36,40)(H,37,41). The minimum absolute atomic E-state index is 0.0739. The van der Waals surface area contributed by atoms with Gasteiger partial charge < -0.3 is 20.5 Å². The Labute approximate surface area is 254 Å². The van der Waals surface area contributed by atoms with Crippen molar-refractivity contribution in [3.8, 4) is 0 Å². The van der Waals surface area contributed by atoms with Crippen molar-refractivity contribution in [2.24, 2.45) is 5.92 Å². The molecule has 0 spiro atoms. The van der Waals surface area contributed by atoms with E-state index in [4.69, 9.17) is 34.8 Å². The summed E-state index contributed by atoms with van der Waals surface area (Å²) in [7, 11) is 0. The van der Waals surface area contributed by atoms with Crippen molar-refractivity contribution in [1.82, 2.24) is 9.88 Å². The fraction of sp³-hybridized carbons (Fsp3) is 0.258. The summed E-state index contributed by atoms with van der Waals surface area (Å²) in [6, 6.07) is 17.3. The van der Waals surface area contributed by atoms with E-state index >= 15 is 0 Å². The van der Waals surface area contributed by atoms with Crippen molar-refractivity contribution in [2.45, 2.75) is 46.7 Å². The first kappa shape index (κ1) is 30.4. The number of rotatable bonds is 10. The number of hydrogen-bond acceptors (Lipinski definition) is 3. The molecule has 0 unspecified atom stereocenters. The summed E-state index contributed by atoms with van der Waals surface area (Å²) in [6.07, 6.45) is 1.85. The number of hydrogen-bond donors (Lipinski definition) is 3. The minimum Gasteiger partial charge on any atom is -0.352 e. The zero-order valence-corrected chi connectivity index (χ0v) is 25.3. The lowest BCUT2D eigenvalue weighted by atomic mass is 10.1. The topological polar surface area (TPSA) is 92.2 Å². The average molecular weight is 614 g/mol. The fourth-order valence-electron chi connectivity index (χ4n) is 4.31. The van der Waals surface area contributed by atoms with Gasteiger partial charge in [0.1, 0.15) is 5.69 Å². The number of fused-ring (bicyclic) bond motifs is 1. The molecule has 3 aromatic carbocycles. The Balaban J connectivity index is 1.57. The van der Waals surface area contributed by atoms with Crippen LogP contribution in [0.5, 0.6) is 0 Å². The van der Waals surface area contributed by atoms with Crippen LogP contribution in [0.4, 0.5) is 11.4 Å². The third-order valence-corrected chi connectivity index (χ3v) is 7.64. The van der Waals surface area contributed by atoms with Crippen molar-refractivity contribution < 1.29 is 14.4 Å². The van der Waals surface area contributed by atoms with E-state index in [9.17, 15) is 14.4 Å². The fourth-order valence-corrected chi connectivity index (χ4v) is 4.81. The Hall–Kier alpha value is -3.52. The summed E-state index contributed by atoms with van der Waals surface area (Å²) in [4.78, 5) is 38.4. The number of carbonyl (C=O) groups is 3. The van der Waals surface area contributed by atoms with Crippen molar-refractivity contribution in [3.63, 3.8) is 0 Å². The maximum atomic E-state index is 13.3. The smallest absolute Gasteiger partial charge is 0.272 e. The van der Waals surface area contributed by atoms with E-state index in [1.807, 2.05) is 30.5 Å². The van der Waals surface area contributed by atoms with E-state index in [0.717, 1.165) is 29.3 Å². The van der Waals surface area contributed by atoms with Gasteiger partial charge in [-0.1, -0.05) is 68.1 Å². The highest BCUT2D eigenvalue weighted by Crippen LogP contribution is 2.28. The summed E-state index contributed by atoms with van der Waals surface area (Å²) in [5, 5.41) is 10.5. The van der Waals surface area contributed by atoms with Gasteiger partial charge in [0.25, 0.3) is 11.8 Å². The van der Waals surface area contributed by atoms with Gasteiger partial charge in [0.2, 0.25) is 5.91 Å². The molecule has 0 aliphatic heterocycles. The number of benzene rings is 3. The Morgan fingerprint density at radius 3 is 2.20 bits per heavy atom. The molecule has 0 fully saturated rings. The van der Waals surface area contributed by atoms with E-state index in [-0.39, 0.29) is 23.6 Å². The van der Waals surface area contributed by atoms with Crippen molar-refractivity contribution >= 4 is 74.8 Å². The summed E-state index contributed by atoms with van der Waals surface area (Å²) in [5.41, 5.74) is 3.51. The third kappa shape index (κ3) is 7.41. The van der Waals surface area contributed by atoms with Gasteiger partial charge in [0, 0.05) is 41.3 Å². The second-order valence-corrected chi connectivity index (χ2v) is 11.3. The maximum Gasteiger partial charge on any atom is 0.272 e. The highest BCUT2D eigenvalue weighted by atomic mass is 35.5. The molecule has 41 heavy (non-hydrogen) atoms. The summed E-state index contributed by atoms with van der Waals surface area (Å²) >= 11 is 18.5. The summed E-state index contributed by atoms with van der Waals surface area (Å²) in [6.45, 7) is 6.67. The molecule has 0 saturated heterocycles. The maximum absolute atomic E-state index is 13.3. The van der Waals surface area contributed by atoms with E-state index in [2.05, 4.69) is 22.9 Å². The van der Waals surface area contributed by atoms with Crippen LogP contribution in [-0.2, 0) is 17.9 Å². The van der Waals surface area contributed by atoms with Gasteiger partial charge in [-0.3, -0.25) is 14.4 Å². The van der Waals surface area contributed by atoms with E-state index < -0.39 is 0 Å². The number of carbonyl (C=O) groups excluding carboxylic acids is 3. The van der Waals surface area contributed by atoms with Crippen molar-refractivity contribution in [2.75, 3.05) is 10.6 Å². The van der Waals surface area contributed by atoms with Crippen LogP contribution in [0.2, 0.25) is 15.1 Å². The van der Waals surface area contributed by atoms with Gasteiger partial charge in [-0.05, 0) is 66.6 Å². The number of nitrogens with one attached hydrogen (secondary N) is 3. The monoisotopic (exact) mass is 612 g/mol. The number of anilines is 2. The molecule has 10 heteroatoms. The van der Waals surface area contributed by atoms with Crippen LogP contribution >= 0.6 is 34.8 Å². The lowest BCUT2D eigenvalue weighted by Crippen LogP contribution is -2.27. The van der Waals surface area contributed by atoms with Gasteiger partial charge in [-0.2, -0.15) is 0 Å². The van der Waals surface area contributed by atoms with Gasteiger partial charge in [-0.15, -0.1) is 0 Å². The molecule has 3 amide bonds. The Morgan fingerprint density at radius 1 is 0.805 bits per heavy atom. The first-order chi connectivity index (χ1) is 19.6. The number of halogens is 3. The molecule has 0 saturated carbocycles. The molecular weight excluding hydrogens is 583 g/mol. The second-order valence-electron chi connectivity index (χ2n) is 10.0. The van der Waals surface area contributed by atoms with E-state index in [0.29, 0.717) is 50.8 Å². The van der Waals surface area contributed by atoms with Crippen LogP contribution in [0.25, 0.3) is 10.9 Å². The Bertz CT molecular complexity index is 1610. The largest absolute Gasteiger partial charge is 0.352 e. The molecule has 0 aliphatic rings. The lowest BCUT2D eigenvalue weighted by molar-refractivity contribution is -0.124. The summed E-state index contributed by atoms with van der Waals surface area (Å²) < 4.78 is 1.98. The number of amides is 3. The molecule has 7 nitrogen and oxygen atoms in total. The SMILES string of the molecule is CCCCn1c(C(=O)Nc2ccc(Cl)c(Cl)c2)cc2cc(NC(=O)c3cc(CNC(=O)C(C)C)ccc3Cl)ccc21. The molecule has 0 radical (unpaired) electrons. The third-order valence-electron chi connectivity index (χ3n) is 6.57. The normalized spacial score (nSPS) is 11.1. The van der Waals surface area contributed by atoms with E-state index in [1.165, 1.54) is 0 Å². The van der Waals surface area contributed by atoms with Crippen LogP contribution in [0, 0.1) is 5.92 Å². The molecule has 0 aliphatic carbocycles. The molecular formula is C31H31Cl3N4O3. The Morgan fingerprint density at radius 2 is 1.49 bits per heavy atom. The van der Waals surface area contributed by atoms with Crippen molar-refractivity contribution in [1.29, 1.82) is 0 Å². The minimum atomic E-state index is -0.380. The van der Waals surface area contributed by atoms with Gasteiger partial charge in [0.15, 0.2) is 0 Å². The van der Waals surface area contributed by atoms with Gasteiger partial charge >= 0.3 is 0 Å². The molecule has 0 bridgehead atoms. The number of aromatic nitrogens is 1. The van der Waals surface area contributed by atoms with Gasteiger partial charge in [-0.25, -0.2) is 0 Å². The van der Waals surface area contributed by atoms with Gasteiger partial charge in [0.05, 0.1) is 20.6 Å². The first-order valence-corrected chi connectivity index (χ1v) is 14.5. The van der Waals surface area contributed by atoms with Crippen LogP contribution in [0.1, 0.15) is 60.0 Å². The van der Waals surface area contributed by atoms with Crippen molar-refractivity contribution in [3.05, 3.63) is 92.6 Å². The zero-order chi connectivity index (χ0) is 29.7. The lowest BCUT2D eigenvalue weighted by Gasteiger charge is -2.12. The van der Waals surface area contributed by atoms with Crippen LogP contribution in [0.15, 0.2) is 60.7 Å². The van der Waals surface area contributed by atoms with Crippen LogP contribution in [0.3, 0.4) is 0 Å². The average Bonchev–Trinajstić information content (AvgIpc) is 3.30. The Kier molecular flexibility index (Phi) is 9.97. The summed E-state index contributed by atoms with van der Waals surface area (Å²) in [5.74, 6) is -0.877. The molecule has 214 valence electrons. The first-order valence-electron chi connectivity index (χ1n) is 13.3. The predicted octanol–water partition coefficient (Wildman–Crippen LogP) is 8.18. The van der Waals surface area contributed by atoms with Crippen LogP contribution in [-0.4, -0.2) is 22.3 Å². The van der Waals surface area contributed by atoms with E-state index in [1.54, 1.807) is 48.5 Å². The molecule has 0 atom stereocenters. The molecule has 1 heterocycles. The molecule has 4 rings (SSSR count). The quantitative estimate of drug-likeness (QED) is 0.168.